The number of aromatic amines is 1. The molecule has 1 fully saturated rings. The number of hydrogen-bond acceptors (Lipinski definition) is 3. The Bertz CT molecular complexity index is 541. The third kappa shape index (κ3) is 1.90. The Kier molecular flexibility index (Phi) is 2.55. The van der Waals surface area contributed by atoms with Crippen LogP contribution in [0.3, 0.4) is 0 Å². The molecule has 0 aromatic carbocycles. The average molecular weight is 230 g/mol. The molecule has 1 saturated carbocycles. The number of carbonyl (C=O) groups excluding carboxylic acids is 1. The first-order valence-electron chi connectivity index (χ1n) is 5.96. The second-order valence-electron chi connectivity index (χ2n) is 4.44. The van der Waals surface area contributed by atoms with Crippen molar-refractivity contribution in [2.75, 3.05) is 0 Å². The summed E-state index contributed by atoms with van der Waals surface area (Å²) in [7, 11) is 0. The number of fused-ring (bicyclic) bond motifs is 1. The standard InChI is InChI=1S/C13H14N2O2/c16-8-9-7-11-12(5-6-14-13(11)15-9)17-10-3-1-2-4-10/h5-8,10H,1-4H2,(H,14,15). The van der Waals surface area contributed by atoms with Gasteiger partial charge in [0.1, 0.15) is 11.4 Å². The van der Waals surface area contributed by atoms with Crippen LogP contribution in [0.1, 0.15) is 36.2 Å². The maximum absolute atomic E-state index is 10.7. The zero-order valence-electron chi connectivity index (χ0n) is 9.48. The van der Waals surface area contributed by atoms with Crippen LogP contribution >= 0.6 is 0 Å². The van der Waals surface area contributed by atoms with Gasteiger partial charge in [0.25, 0.3) is 0 Å². The minimum absolute atomic E-state index is 0.315. The van der Waals surface area contributed by atoms with E-state index in [0.717, 1.165) is 30.3 Å². The van der Waals surface area contributed by atoms with Crippen LogP contribution in [-0.4, -0.2) is 22.4 Å². The zero-order valence-corrected chi connectivity index (χ0v) is 9.48. The predicted molar refractivity (Wildman–Crippen MR) is 64.4 cm³/mol. The van der Waals surface area contributed by atoms with Crippen LogP contribution in [0, 0.1) is 0 Å². The van der Waals surface area contributed by atoms with E-state index < -0.39 is 0 Å². The lowest BCUT2D eigenvalue weighted by atomic mass is 10.2. The molecule has 2 heterocycles. The molecule has 0 aliphatic heterocycles. The molecule has 3 rings (SSSR count). The summed E-state index contributed by atoms with van der Waals surface area (Å²) in [5.74, 6) is 0.825. The lowest BCUT2D eigenvalue weighted by Crippen LogP contribution is -2.10. The van der Waals surface area contributed by atoms with E-state index >= 15 is 0 Å². The second-order valence-corrected chi connectivity index (χ2v) is 4.44. The molecule has 0 unspecified atom stereocenters. The summed E-state index contributed by atoms with van der Waals surface area (Å²) in [6.07, 6.45) is 7.54. The Morgan fingerprint density at radius 2 is 2.24 bits per heavy atom. The van der Waals surface area contributed by atoms with Crippen molar-refractivity contribution in [3.05, 3.63) is 24.0 Å². The number of hydrogen-bond donors (Lipinski definition) is 1. The Balaban J connectivity index is 1.96. The molecule has 0 amide bonds. The van der Waals surface area contributed by atoms with E-state index in [0.29, 0.717) is 17.4 Å². The molecule has 0 saturated heterocycles. The SMILES string of the molecule is O=Cc1cc2c(OC3CCCC3)ccnc2[nH]1. The van der Waals surface area contributed by atoms with Crippen molar-refractivity contribution < 1.29 is 9.53 Å². The molecule has 0 radical (unpaired) electrons. The minimum atomic E-state index is 0.315. The normalized spacial score (nSPS) is 16.5. The van der Waals surface area contributed by atoms with Crippen LogP contribution in [0.2, 0.25) is 0 Å². The molecule has 4 nitrogen and oxygen atoms in total. The van der Waals surface area contributed by atoms with Gasteiger partial charge in [0.05, 0.1) is 17.2 Å². The largest absolute Gasteiger partial charge is 0.490 e. The van der Waals surface area contributed by atoms with Crippen molar-refractivity contribution in [3.8, 4) is 5.75 Å². The van der Waals surface area contributed by atoms with E-state index in [1.165, 1.54) is 12.8 Å². The molecule has 0 bridgehead atoms. The second kappa shape index (κ2) is 4.20. The highest BCUT2D eigenvalue weighted by atomic mass is 16.5. The van der Waals surface area contributed by atoms with Gasteiger partial charge in [-0.2, -0.15) is 0 Å². The van der Waals surface area contributed by atoms with Crippen LogP contribution < -0.4 is 4.74 Å². The maximum atomic E-state index is 10.7. The Morgan fingerprint density at radius 3 is 3.00 bits per heavy atom. The highest BCUT2D eigenvalue weighted by Gasteiger charge is 2.18. The molecule has 0 atom stereocenters. The monoisotopic (exact) mass is 230 g/mol. The number of aldehydes is 1. The van der Waals surface area contributed by atoms with Crippen LogP contribution in [0.25, 0.3) is 11.0 Å². The first kappa shape index (κ1) is 10.3. The van der Waals surface area contributed by atoms with Crippen molar-refractivity contribution >= 4 is 17.3 Å². The van der Waals surface area contributed by atoms with Gasteiger partial charge < -0.3 is 9.72 Å². The first-order valence-corrected chi connectivity index (χ1v) is 5.96. The lowest BCUT2D eigenvalue weighted by molar-refractivity contribution is 0.112. The molecular weight excluding hydrogens is 216 g/mol. The quantitative estimate of drug-likeness (QED) is 0.825. The molecule has 2 aromatic heterocycles. The molecule has 17 heavy (non-hydrogen) atoms. The minimum Gasteiger partial charge on any atom is -0.490 e. The Morgan fingerprint density at radius 1 is 1.41 bits per heavy atom. The summed E-state index contributed by atoms with van der Waals surface area (Å²) in [6, 6.07) is 3.66. The van der Waals surface area contributed by atoms with E-state index in [9.17, 15) is 4.79 Å². The Labute approximate surface area is 99.0 Å². The van der Waals surface area contributed by atoms with Gasteiger partial charge in [-0.25, -0.2) is 4.98 Å². The van der Waals surface area contributed by atoms with Gasteiger partial charge in [0.15, 0.2) is 6.29 Å². The van der Waals surface area contributed by atoms with Crippen LogP contribution in [-0.2, 0) is 0 Å². The fraction of sp³-hybridized carbons (Fsp3) is 0.385. The molecule has 88 valence electrons. The van der Waals surface area contributed by atoms with Crippen molar-refractivity contribution in [2.45, 2.75) is 31.8 Å². The third-order valence-corrected chi connectivity index (χ3v) is 3.24. The third-order valence-electron chi connectivity index (χ3n) is 3.24. The van der Waals surface area contributed by atoms with Crippen LogP contribution in [0.15, 0.2) is 18.3 Å². The van der Waals surface area contributed by atoms with E-state index in [4.69, 9.17) is 4.74 Å². The summed E-state index contributed by atoms with van der Waals surface area (Å²) in [5, 5.41) is 0.890. The lowest BCUT2D eigenvalue weighted by Gasteiger charge is -2.13. The number of nitrogens with one attached hydrogen (secondary N) is 1. The summed E-state index contributed by atoms with van der Waals surface area (Å²) in [6.45, 7) is 0. The van der Waals surface area contributed by atoms with Gasteiger partial charge in [-0.05, 0) is 37.8 Å². The van der Waals surface area contributed by atoms with E-state index in [2.05, 4.69) is 9.97 Å². The first-order chi connectivity index (χ1) is 8.36. The van der Waals surface area contributed by atoms with Crippen LogP contribution in [0.4, 0.5) is 0 Å². The summed E-state index contributed by atoms with van der Waals surface area (Å²) >= 11 is 0. The predicted octanol–water partition coefficient (Wildman–Crippen LogP) is 2.70. The smallest absolute Gasteiger partial charge is 0.166 e. The van der Waals surface area contributed by atoms with Gasteiger partial charge in [0.2, 0.25) is 0 Å². The number of nitrogens with zero attached hydrogens (tertiary/aromatic N) is 1. The average Bonchev–Trinajstić information content (AvgIpc) is 2.97. The molecule has 0 spiro atoms. The summed E-state index contributed by atoms with van der Waals surface area (Å²) in [4.78, 5) is 17.9. The fourth-order valence-electron chi connectivity index (χ4n) is 2.37. The van der Waals surface area contributed by atoms with Gasteiger partial charge in [0, 0.05) is 6.20 Å². The fourth-order valence-corrected chi connectivity index (χ4v) is 2.37. The van der Waals surface area contributed by atoms with E-state index in [1.54, 1.807) is 12.3 Å². The molecule has 1 aliphatic rings. The van der Waals surface area contributed by atoms with Crippen molar-refractivity contribution in [2.24, 2.45) is 0 Å². The number of carbonyl (C=O) groups is 1. The van der Waals surface area contributed by atoms with Crippen molar-refractivity contribution in [1.82, 2.24) is 9.97 Å². The highest BCUT2D eigenvalue weighted by molar-refractivity contribution is 5.89. The number of rotatable bonds is 3. The van der Waals surface area contributed by atoms with Gasteiger partial charge in [-0.3, -0.25) is 4.79 Å². The highest BCUT2D eigenvalue weighted by Crippen LogP contribution is 2.29. The van der Waals surface area contributed by atoms with Gasteiger partial charge in [-0.1, -0.05) is 0 Å². The number of aromatic nitrogens is 2. The number of pyridine rings is 1. The molecule has 1 aliphatic carbocycles. The molecular formula is C13H14N2O2. The topological polar surface area (TPSA) is 55.0 Å². The molecule has 4 heteroatoms. The molecule has 2 aromatic rings. The van der Waals surface area contributed by atoms with E-state index in [-0.39, 0.29) is 0 Å². The summed E-state index contributed by atoms with van der Waals surface area (Å²) < 4.78 is 5.97. The maximum Gasteiger partial charge on any atom is 0.166 e. The van der Waals surface area contributed by atoms with Crippen molar-refractivity contribution in [3.63, 3.8) is 0 Å². The number of H-pyrrole nitrogens is 1. The number of ether oxygens (including phenoxy) is 1. The van der Waals surface area contributed by atoms with Gasteiger partial charge >= 0.3 is 0 Å². The summed E-state index contributed by atoms with van der Waals surface area (Å²) in [5.41, 5.74) is 1.25. The molecule has 1 N–H and O–H groups in total. The van der Waals surface area contributed by atoms with Crippen molar-refractivity contribution in [1.29, 1.82) is 0 Å². The van der Waals surface area contributed by atoms with Crippen LogP contribution in [0.5, 0.6) is 5.75 Å². The van der Waals surface area contributed by atoms with E-state index in [1.807, 2.05) is 6.07 Å². The Hall–Kier alpha value is -1.84. The van der Waals surface area contributed by atoms with Gasteiger partial charge in [-0.15, -0.1) is 0 Å². The zero-order chi connectivity index (χ0) is 11.7.